The van der Waals surface area contributed by atoms with Gasteiger partial charge >= 0.3 is 0 Å². The summed E-state index contributed by atoms with van der Waals surface area (Å²) in [5, 5.41) is 19.8. The highest BCUT2D eigenvalue weighted by Gasteiger charge is 2.11. The van der Waals surface area contributed by atoms with Gasteiger partial charge in [-0.3, -0.25) is 4.90 Å². The van der Waals surface area contributed by atoms with Gasteiger partial charge in [-0.1, -0.05) is 35.9 Å². The van der Waals surface area contributed by atoms with E-state index in [1.165, 1.54) is 0 Å². The molecule has 21 heavy (non-hydrogen) atoms. The Bertz CT molecular complexity index is 634. The molecule has 0 fully saturated rings. The Balaban J connectivity index is 1.96. The summed E-state index contributed by atoms with van der Waals surface area (Å²) >= 11 is 5.84. The highest BCUT2D eigenvalue weighted by atomic mass is 35.5. The van der Waals surface area contributed by atoms with Crippen molar-refractivity contribution in [3.05, 3.63) is 70.2 Å². The molecular formula is C17H17ClN2O. The SMILES string of the molecule is CN(Cc1cccc(C#N)c1)CC(O)c1ccc(Cl)cc1. The lowest BCUT2D eigenvalue weighted by atomic mass is 10.1. The summed E-state index contributed by atoms with van der Waals surface area (Å²) in [6.07, 6.45) is -0.564. The smallest absolute Gasteiger partial charge is 0.0991 e. The Kier molecular flexibility index (Phi) is 5.35. The summed E-state index contributed by atoms with van der Waals surface area (Å²) in [4.78, 5) is 2.02. The molecule has 0 aliphatic heterocycles. The van der Waals surface area contributed by atoms with Crippen molar-refractivity contribution in [1.82, 2.24) is 4.90 Å². The zero-order chi connectivity index (χ0) is 15.2. The Morgan fingerprint density at radius 3 is 2.62 bits per heavy atom. The first-order valence-corrected chi connectivity index (χ1v) is 7.07. The van der Waals surface area contributed by atoms with Crippen LogP contribution in [0.15, 0.2) is 48.5 Å². The topological polar surface area (TPSA) is 47.3 Å². The molecule has 0 spiro atoms. The number of nitrogens with zero attached hydrogens (tertiary/aromatic N) is 2. The van der Waals surface area contributed by atoms with E-state index in [-0.39, 0.29) is 0 Å². The van der Waals surface area contributed by atoms with Crippen LogP contribution >= 0.6 is 11.6 Å². The van der Waals surface area contributed by atoms with E-state index in [1.54, 1.807) is 18.2 Å². The highest BCUT2D eigenvalue weighted by molar-refractivity contribution is 6.30. The molecule has 2 aromatic carbocycles. The fourth-order valence-corrected chi connectivity index (χ4v) is 2.33. The van der Waals surface area contributed by atoms with E-state index in [2.05, 4.69) is 6.07 Å². The van der Waals surface area contributed by atoms with Gasteiger partial charge in [0.1, 0.15) is 0 Å². The van der Waals surface area contributed by atoms with Gasteiger partial charge in [-0.2, -0.15) is 5.26 Å². The zero-order valence-electron chi connectivity index (χ0n) is 11.8. The predicted molar refractivity (Wildman–Crippen MR) is 83.9 cm³/mol. The van der Waals surface area contributed by atoms with E-state index in [9.17, 15) is 5.11 Å². The lowest BCUT2D eigenvalue weighted by Crippen LogP contribution is -2.24. The van der Waals surface area contributed by atoms with Gasteiger partial charge in [0.2, 0.25) is 0 Å². The van der Waals surface area contributed by atoms with Crippen LogP contribution in [0.5, 0.6) is 0 Å². The largest absolute Gasteiger partial charge is 0.387 e. The maximum atomic E-state index is 10.2. The minimum atomic E-state index is -0.564. The quantitative estimate of drug-likeness (QED) is 0.921. The van der Waals surface area contributed by atoms with Gasteiger partial charge in [-0.25, -0.2) is 0 Å². The van der Waals surface area contributed by atoms with E-state index in [0.29, 0.717) is 23.7 Å². The standard InChI is InChI=1S/C17H17ClN2O/c1-20(11-14-4-2-3-13(9-14)10-19)12-17(21)15-5-7-16(18)8-6-15/h2-9,17,21H,11-12H2,1H3. The number of aliphatic hydroxyl groups excluding tert-OH is 1. The number of benzene rings is 2. The number of rotatable bonds is 5. The van der Waals surface area contributed by atoms with Crippen molar-refractivity contribution in [2.75, 3.05) is 13.6 Å². The second-order valence-electron chi connectivity index (χ2n) is 5.08. The third kappa shape index (κ3) is 4.57. The minimum absolute atomic E-state index is 0.512. The molecule has 0 radical (unpaired) electrons. The molecule has 1 atom stereocenters. The molecule has 108 valence electrons. The molecule has 0 aliphatic rings. The molecule has 0 heterocycles. The van der Waals surface area contributed by atoms with Gasteiger partial charge < -0.3 is 5.11 Å². The third-order valence-electron chi connectivity index (χ3n) is 3.25. The normalized spacial score (nSPS) is 12.1. The van der Waals surface area contributed by atoms with Crippen molar-refractivity contribution in [3.8, 4) is 6.07 Å². The zero-order valence-corrected chi connectivity index (χ0v) is 12.6. The van der Waals surface area contributed by atoms with Crippen LogP contribution in [-0.4, -0.2) is 23.6 Å². The molecule has 0 aliphatic carbocycles. The lowest BCUT2D eigenvalue weighted by molar-refractivity contribution is 0.124. The van der Waals surface area contributed by atoms with E-state index in [0.717, 1.165) is 11.1 Å². The van der Waals surface area contributed by atoms with Gasteiger partial charge in [0.15, 0.2) is 0 Å². The number of nitriles is 1. The van der Waals surface area contributed by atoms with Crippen molar-refractivity contribution >= 4 is 11.6 Å². The van der Waals surface area contributed by atoms with Gasteiger partial charge in [0.25, 0.3) is 0 Å². The highest BCUT2D eigenvalue weighted by Crippen LogP contribution is 2.18. The predicted octanol–water partition coefficient (Wildman–Crippen LogP) is 3.38. The average molecular weight is 301 g/mol. The van der Waals surface area contributed by atoms with Gasteiger partial charge in [-0.05, 0) is 42.4 Å². The number of hydrogen-bond acceptors (Lipinski definition) is 3. The first-order valence-electron chi connectivity index (χ1n) is 6.69. The Morgan fingerprint density at radius 2 is 1.95 bits per heavy atom. The summed E-state index contributed by atoms with van der Waals surface area (Å²) in [6, 6.07) is 16.8. The van der Waals surface area contributed by atoms with Crippen LogP contribution in [-0.2, 0) is 6.54 Å². The second kappa shape index (κ2) is 7.24. The minimum Gasteiger partial charge on any atom is -0.387 e. The summed E-state index contributed by atoms with van der Waals surface area (Å²) in [7, 11) is 1.94. The number of hydrogen-bond donors (Lipinski definition) is 1. The van der Waals surface area contributed by atoms with Crippen molar-refractivity contribution in [3.63, 3.8) is 0 Å². The molecule has 4 heteroatoms. The van der Waals surface area contributed by atoms with Crippen LogP contribution in [0.3, 0.4) is 0 Å². The van der Waals surface area contributed by atoms with E-state index in [4.69, 9.17) is 16.9 Å². The molecule has 0 bridgehead atoms. The molecule has 2 aromatic rings. The van der Waals surface area contributed by atoms with Gasteiger partial charge in [0.05, 0.1) is 17.7 Å². The summed E-state index contributed by atoms with van der Waals surface area (Å²) < 4.78 is 0. The molecule has 0 saturated carbocycles. The maximum absolute atomic E-state index is 10.2. The monoisotopic (exact) mass is 300 g/mol. The number of halogens is 1. The Morgan fingerprint density at radius 1 is 1.24 bits per heavy atom. The van der Waals surface area contributed by atoms with Crippen molar-refractivity contribution in [2.24, 2.45) is 0 Å². The molecule has 0 saturated heterocycles. The van der Waals surface area contributed by atoms with Crippen LogP contribution in [0.2, 0.25) is 5.02 Å². The van der Waals surface area contributed by atoms with Crippen LogP contribution in [0.4, 0.5) is 0 Å². The van der Waals surface area contributed by atoms with Crippen LogP contribution in [0, 0.1) is 11.3 Å². The average Bonchev–Trinajstić information content (AvgIpc) is 2.47. The molecule has 3 nitrogen and oxygen atoms in total. The first kappa shape index (κ1) is 15.5. The lowest BCUT2D eigenvalue weighted by Gasteiger charge is -2.21. The Labute approximate surface area is 130 Å². The van der Waals surface area contributed by atoms with Crippen LogP contribution in [0.25, 0.3) is 0 Å². The van der Waals surface area contributed by atoms with Gasteiger partial charge in [0, 0.05) is 18.1 Å². The molecular weight excluding hydrogens is 284 g/mol. The maximum Gasteiger partial charge on any atom is 0.0991 e. The number of aliphatic hydroxyl groups is 1. The first-order chi connectivity index (χ1) is 10.1. The van der Waals surface area contributed by atoms with Crippen LogP contribution in [0.1, 0.15) is 22.8 Å². The molecule has 2 rings (SSSR count). The van der Waals surface area contributed by atoms with Crippen molar-refractivity contribution in [1.29, 1.82) is 5.26 Å². The molecule has 0 aromatic heterocycles. The summed E-state index contributed by atoms with van der Waals surface area (Å²) in [6.45, 7) is 1.19. The van der Waals surface area contributed by atoms with E-state index < -0.39 is 6.10 Å². The molecule has 1 unspecified atom stereocenters. The van der Waals surface area contributed by atoms with Crippen molar-refractivity contribution in [2.45, 2.75) is 12.6 Å². The molecule has 0 amide bonds. The fraction of sp³-hybridized carbons (Fsp3) is 0.235. The molecule has 1 N–H and O–H groups in total. The van der Waals surface area contributed by atoms with Gasteiger partial charge in [-0.15, -0.1) is 0 Å². The van der Waals surface area contributed by atoms with E-state index in [1.807, 2.05) is 42.3 Å². The second-order valence-corrected chi connectivity index (χ2v) is 5.51. The summed E-state index contributed by atoms with van der Waals surface area (Å²) in [5.74, 6) is 0. The Hall–Kier alpha value is -1.86. The van der Waals surface area contributed by atoms with Crippen molar-refractivity contribution < 1.29 is 5.11 Å². The van der Waals surface area contributed by atoms with E-state index >= 15 is 0 Å². The van der Waals surface area contributed by atoms with Crippen LogP contribution < -0.4 is 0 Å². The fourth-order valence-electron chi connectivity index (χ4n) is 2.20. The summed E-state index contributed by atoms with van der Waals surface area (Å²) in [5.41, 5.74) is 2.55. The number of likely N-dealkylation sites (N-methyl/N-ethyl adjacent to an activating group) is 1. The third-order valence-corrected chi connectivity index (χ3v) is 3.50.